The van der Waals surface area contributed by atoms with Crippen molar-refractivity contribution in [3.8, 4) is 0 Å². The molecule has 0 amide bonds. The minimum Gasteiger partial charge on any atom is -0.334 e. The molecule has 4 heterocycles. The topological polar surface area (TPSA) is 15.3 Å². The van der Waals surface area contributed by atoms with Gasteiger partial charge in [0.05, 0.1) is 44.7 Å². The molecule has 0 saturated heterocycles. The lowest BCUT2D eigenvalue weighted by molar-refractivity contribution is 0.293. The molecule has 2 unspecified atom stereocenters. The van der Waals surface area contributed by atoms with Crippen molar-refractivity contribution in [3.05, 3.63) is 186 Å². The van der Waals surface area contributed by atoms with Crippen LogP contribution in [0, 0.1) is 16.7 Å². The SMILES string of the molecule is CC(C)(C)C1=CCC(N(c2ccccc2)c2cccc3c2c2cccc4c5cc6c(cc5n3c42)c2cccc3c4c(n6c32)=CCCC=4N(C2=CCC(C(C)(C)C)C=C2)c2ccccc2)C=C1. The van der Waals surface area contributed by atoms with E-state index in [-0.39, 0.29) is 16.9 Å². The van der Waals surface area contributed by atoms with Crippen LogP contribution in [0.25, 0.3) is 77.1 Å². The highest BCUT2D eigenvalue weighted by Gasteiger charge is 2.30. The van der Waals surface area contributed by atoms with Crippen LogP contribution >= 0.6 is 0 Å². The maximum Gasteiger partial charge on any atom is 0.0621 e. The molecule has 4 heteroatoms. The maximum atomic E-state index is 2.61. The molecule has 66 heavy (non-hydrogen) atoms. The lowest BCUT2D eigenvalue weighted by Crippen LogP contribution is -2.37. The van der Waals surface area contributed by atoms with Crippen molar-refractivity contribution in [2.24, 2.45) is 16.7 Å². The first-order chi connectivity index (χ1) is 32.0. The summed E-state index contributed by atoms with van der Waals surface area (Å²) in [6.07, 6.45) is 21.1. The Morgan fingerprint density at radius 1 is 0.545 bits per heavy atom. The number of benzene rings is 6. The first kappa shape index (κ1) is 39.3. The molecule has 0 spiro atoms. The average Bonchev–Trinajstić information content (AvgIpc) is 4.06. The van der Waals surface area contributed by atoms with Crippen molar-refractivity contribution >= 4 is 94.1 Å². The van der Waals surface area contributed by atoms with E-state index in [9.17, 15) is 0 Å². The number of hydrogen-bond acceptors (Lipinski definition) is 2. The molecule has 4 aromatic heterocycles. The van der Waals surface area contributed by atoms with Crippen LogP contribution in [0.1, 0.15) is 67.2 Å². The van der Waals surface area contributed by atoms with Crippen molar-refractivity contribution in [3.63, 3.8) is 0 Å². The number of rotatable bonds is 6. The van der Waals surface area contributed by atoms with Crippen LogP contribution in [-0.4, -0.2) is 14.8 Å². The molecule has 0 N–H and O–H groups in total. The monoisotopic (exact) mass is 856 g/mol. The van der Waals surface area contributed by atoms with Crippen LogP contribution < -0.4 is 20.4 Å². The average molecular weight is 857 g/mol. The summed E-state index contributed by atoms with van der Waals surface area (Å²) >= 11 is 0. The molecule has 3 aliphatic rings. The summed E-state index contributed by atoms with van der Waals surface area (Å²) in [4.78, 5) is 5.15. The minimum absolute atomic E-state index is 0.116. The summed E-state index contributed by atoms with van der Waals surface area (Å²) in [7, 11) is 0. The van der Waals surface area contributed by atoms with Gasteiger partial charge in [-0.1, -0.05) is 157 Å². The van der Waals surface area contributed by atoms with Crippen LogP contribution in [-0.2, 0) is 0 Å². The third kappa shape index (κ3) is 5.70. The highest BCUT2D eigenvalue weighted by molar-refractivity contribution is 6.28. The molecule has 0 saturated carbocycles. The Morgan fingerprint density at radius 2 is 1.20 bits per heavy atom. The van der Waals surface area contributed by atoms with Gasteiger partial charge in [-0.25, -0.2) is 0 Å². The van der Waals surface area contributed by atoms with Crippen LogP contribution in [0.3, 0.4) is 0 Å². The van der Waals surface area contributed by atoms with Gasteiger partial charge in [-0.15, -0.1) is 0 Å². The standard InChI is InChI=1S/C62H56N4/c1-61(2,3)39-29-33-43(34-30-39)63(41-17-9-7-10-18-41)51-25-15-27-53-57(51)47-23-13-21-45-49-38-56-50(37-55(49)65(53)59(45)47)46-22-14-24-48-58-52(26-16-28-54(58)66(56)60(46)48)64(42-19-11-8-12-20-42)44-35-31-40(32-36-44)62(4,5)6/h7-15,17-25,27-31,33,35-38,40,43H,16,26,32,34H2,1-6H3. The number of hydrogen-bond donors (Lipinski definition) is 0. The number of allylic oxidation sites excluding steroid dienone is 5. The van der Waals surface area contributed by atoms with Crippen molar-refractivity contribution in [1.82, 2.24) is 8.80 Å². The van der Waals surface area contributed by atoms with E-state index in [1.54, 1.807) is 0 Å². The first-order valence-corrected chi connectivity index (χ1v) is 24.1. The second-order valence-corrected chi connectivity index (χ2v) is 21.2. The molecule has 0 radical (unpaired) electrons. The van der Waals surface area contributed by atoms with Gasteiger partial charge < -0.3 is 18.6 Å². The second-order valence-electron chi connectivity index (χ2n) is 21.2. The van der Waals surface area contributed by atoms with Crippen LogP contribution in [0.2, 0.25) is 0 Å². The molecule has 10 aromatic rings. The van der Waals surface area contributed by atoms with E-state index >= 15 is 0 Å². The number of fused-ring (bicyclic) bond motifs is 12. The van der Waals surface area contributed by atoms with E-state index in [2.05, 4.69) is 230 Å². The Kier molecular flexibility index (Phi) is 8.48. The Morgan fingerprint density at radius 3 is 1.85 bits per heavy atom. The van der Waals surface area contributed by atoms with Crippen molar-refractivity contribution in [2.75, 3.05) is 9.80 Å². The fraction of sp³-hybridized carbons (Fsp3) is 0.226. The first-order valence-electron chi connectivity index (χ1n) is 24.1. The van der Waals surface area contributed by atoms with Crippen LogP contribution in [0.5, 0.6) is 0 Å². The van der Waals surface area contributed by atoms with Gasteiger partial charge in [-0.05, 0) is 103 Å². The predicted octanol–water partition coefficient (Wildman–Crippen LogP) is 15.0. The van der Waals surface area contributed by atoms with Crippen molar-refractivity contribution in [1.29, 1.82) is 0 Å². The van der Waals surface area contributed by atoms with E-state index in [1.165, 1.54) is 110 Å². The Balaban J connectivity index is 1.04. The Bertz CT molecular complexity index is 3840. The Labute approximate surface area is 386 Å². The molecule has 6 aromatic carbocycles. The highest BCUT2D eigenvalue weighted by atomic mass is 15.2. The van der Waals surface area contributed by atoms with E-state index in [0.717, 1.165) is 25.7 Å². The molecule has 0 aliphatic heterocycles. The van der Waals surface area contributed by atoms with Crippen molar-refractivity contribution in [2.45, 2.75) is 73.3 Å². The molecular weight excluding hydrogens is 801 g/mol. The van der Waals surface area contributed by atoms with Gasteiger partial charge in [0.2, 0.25) is 0 Å². The number of aromatic nitrogens is 2. The Hall–Kier alpha value is -7.04. The van der Waals surface area contributed by atoms with E-state index in [0.29, 0.717) is 5.92 Å². The van der Waals surface area contributed by atoms with Gasteiger partial charge in [0.15, 0.2) is 0 Å². The van der Waals surface area contributed by atoms with Crippen molar-refractivity contribution < 1.29 is 0 Å². The zero-order valence-electron chi connectivity index (χ0n) is 38.9. The largest absolute Gasteiger partial charge is 0.334 e. The van der Waals surface area contributed by atoms with Crippen LogP contribution in [0.4, 0.5) is 17.1 Å². The molecule has 2 atom stereocenters. The van der Waals surface area contributed by atoms with Gasteiger partial charge in [0.25, 0.3) is 0 Å². The maximum absolute atomic E-state index is 2.61. The predicted molar refractivity (Wildman–Crippen MR) is 282 cm³/mol. The third-order valence-electron chi connectivity index (χ3n) is 15.3. The molecule has 0 bridgehead atoms. The number of para-hydroxylation sites is 4. The quantitative estimate of drug-likeness (QED) is 0.166. The molecular formula is C62H56N4. The molecule has 4 nitrogen and oxygen atoms in total. The van der Waals surface area contributed by atoms with Gasteiger partial charge in [0, 0.05) is 65.7 Å². The third-order valence-corrected chi connectivity index (χ3v) is 15.3. The van der Waals surface area contributed by atoms with E-state index in [1.807, 2.05) is 0 Å². The fourth-order valence-electron chi connectivity index (χ4n) is 12.1. The van der Waals surface area contributed by atoms with Gasteiger partial charge in [-0.3, -0.25) is 0 Å². The lowest BCUT2D eigenvalue weighted by atomic mass is 9.77. The molecule has 0 fully saturated rings. The smallest absolute Gasteiger partial charge is 0.0621 e. The van der Waals surface area contributed by atoms with Gasteiger partial charge in [-0.2, -0.15) is 0 Å². The summed E-state index contributed by atoms with van der Waals surface area (Å²) in [6, 6.07) is 48.2. The summed E-state index contributed by atoms with van der Waals surface area (Å²) in [5.74, 6) is 0.517. The zero-order chi connectivity index (χ0) is 44.6. The number of nitrogens with zero attached hydrogens (tertiary/aromatic N) is 4. The fourth-order valence-corrected chi connectivity index (χ4v) is 12.1. The molecule has 324 valence electrons. The second kappa shape index (κ2) is 14.2. The highest BCUT2D eigenvalue weighted by Crippen LogP contribution is 2.47. The normalized spacial score (nSPS) is 18.1. The minimum atomic E-state index is 0.116. The molecule has 3 aliphatic carbocycles. The molecule has 13 rings (SSSR count). The van der Waals surface area contributed by atoms with Crippen LogP contribution in [0.15, 0.2) is 175 Å². The van der Waals surface area contributed by atoms with E-state index in [4.69, 9.17) is 0 Å². The van der Waals surface area contributed by atoms with Gasteiger partial charge in [0.1, 0.15) is 0 Å². The zero-order valence-corrected chi connectivity index (χ0v) is 38.9. The lowest BCUT2D eigenvalue weighted by Gasteiger charge is -2.35. The van der Waals surface area contributed by atoms with Gasteiger partial charge >= 0.3 is 0 Å². The summed E-state index contributed by atoms with van der Waals surface area (Å²) in [5.41, 5.74) is 14.5. The summed E-state index contributed by atoms with van der Waals surface area (Å²) < 4.78 is 5.18. The summed E-state index contributed by atoms with van der Waals surface area (Å²) in [6.45, 7) is 14.0. The summed E-state index contributed by atoms with van der Waals surface area (Å²) in [5, 5.41) is 11.9. The van der Waals surface area contributed by atoms with E-state index < -0.39 is 0 Å². The number of anilines is 3.